The van der Waals surface area contributed by atoms with Crippen LogP contribution in [0.1, 0.15) is 26.7 Å². The fraction of sp³-hybridized carbons (Fsp3) is 1.00. The van der Waals surface area contributed by atoms with Crippen LogP contribution in [-0.2, 0) is 0 Å². The van der Waals surface area contributed by atoms with Crippen LogP contribution in [-0.4, -0.2) is 24.6 Å². The lowest BCUT2D eigenvalue weighted by molar-refractivity contribution is 0.260. The summed E-state index contributed by atoms with van der Waals surface area (Å²) in [5.74, 6) is 0.824. The number of hydrazine groups is 1. The Balaban J connectivity index is 2.29. The molecule has 60 valence electrons. The summed E-state index contributed by atoms with van der Waals surface area (Å²) >= 11 is 0. The van der Waals surface area contributed by atoms with E-state index in [1.807, 2.05) is 0 Å². The van der Waals surface area contributed by atoms with Crippen molar-refractivity contribution in [3.63, 3.8) is 0 Å². The Bertz CT molecular complexity index is 103. The molecule has 0 amide bonds. The average molecular weight is 142 g/mol. The molecule has 1 aliphatic heterocycles. The molecule has 1 saturated heterocycles. The molecule has 10 heavy (non-hydrogen) atoms. The maximum Gasteiger partial charge on any atom is 0.0253 e. The van der Waals surface area contributed by atoms with Gasteiger partial charge in [0.1, 0.15) is 0 Å². The summed E-state index contributed by atoms with van der Waals surface area (Å²) < 4.78 is 0. The zero-order valence-electron chi connectivity index (χ0n) is 7.22. The molecule has 2 unspecified atom stereocenters. The van der Waals surface area contributed by atoms with Gasteiger partial charge >= 0.3 is 0 Å². The van der Waals surface area contributed by atoms with Crippen LogP contribution in [0.15, 0.2) is 0 Å². The molecule has 0 aromatic heterocycles. The molecular formula is C8H18N2. The van der Waals surface area contributed by atoms with E-state index in [4.69, 9.17) is 0 Å². The van der Waals surface area contributed by atoms with Gasteiger partial charge in [-0.1, -0.05) is 20.3 Å². The minimum Gasteiger partial charge on any atom is -0.252 e. The highest BCUT2D eigenvalue weighted by molar-refractivity contribution is 4.76. The van der Waals surface area contributed by atoms with Crippen molar-refractivity contribution in [3.8, 4) is 0 Å². The number of hydrogen-bond donors (Lipinski definition) is 1. The fourth-order valence-corrected chi connectivity index (χ4v) is 1.44. The topological polar surface area (TPSA) is 15.3 Å². The second-order valence-electron chi connectivity index (χ2n) is 3.33. The maximum atomic E-state index is 3.44. The number of nitrogens with one attached hydrogen (secondary N) is 1. The molecule has 0 aromatic carbocycles. The fourth-order valence-electron chi connectivity index (χ4n) is 1.44. The second-order valence-corrected chi connectivity index (χ2v) is 3.33. The summed E-state index contributed by atoms with van der Waals surface area (Å²) in [5.41, 5.74) is 3.44. The van der Waals surface area contributed by atoms with Crippen molar-refractivity contribution in [1.82, 2.24) is 10.4 Å². The highest BCUT2D eigenvalue weighted by atomic mass is 15.5. The first kappa shape index (κ1) is 8.02. The molecule has 0 spiro atoms. The predicted molar refractivity (Wildman–Crippen MR) is 43.6 cm³/mol. The van der Waals surface area contributed by atoms with Crippen LogP contribution in [0, 0.1) is 5.92 Å². The Kier molecular flexibility index (Phi) is 2.69. The van der Waals surface area contributed by atoms with Crippen LogP contribution >= 0.6 is 0 Å². The van der Waals surface area contributed by atoms with E-state index in [0.29, 0.717) is 0 Å². The van der Waals surface area contributed by atoms with Gasteiger partial charge in [0.2, 0.25) is 0 Å². The maximum absolute atomic E-state index is 3.44. The smallest absolute Gasteiger partial charge is 0.0253 e. The van der Waals surface area contributed by atoms with Crippen LogP contribution in [0.3, 0.4) is 0 Å². The molecule has 0 aromatic rings. The van der Waals surface area contributed by atoms with E-state index in [1.54, 1.807) is 0 Å². The van der Waals surface area contributed by atoms with Crippen molar-refractivity contribution in [2.75, 3.05) is 13.6 Å². The Morgan fingerprint density at radius 1 is 1.70 bits per heavy atom. The second kappa shape index (κ2) is 3.35. The monoisotopic (exact) mass is 142 g/mol. The zero-order valence-corrected chi connectivity index (χ0v) is 7.22. The molecule has 1 N–H and O–H groups in total. The molecule has 1 rings (SSSR count). The van der Waals surface area contributed by atoms with E-state index in [0.717, 1.165) is 12.0 Å². The molecular weight excluding hydrogens is 124 g/mol. The summed E-state index contributed by atoms with van der Waals surface area (Å²) in [6, 6.07) is 0.731. The third-order valence-electron chi connectivity index (χ3n) is 2.49. The molecule has 0 radical (unpaired) electrons. The van der Waals surface area contributed by atoms with Crippen molar-refractivity contribution in [1.29, 1.82) is 0 Å². The van der Waals surface area contributed by atoms with Crippen LogP contribution in [0.25, 0.3) is 0 Å². The lowest BCUT2D eigenvalue weighted by atomic mass is 9.98. The summed E-state index contributed by atoms with van der Waals surface area (Å²) in [6.07, 6.45) is 2.59. The summed E-state index contributed by atoms with van der Waals surface area (Å²) in [4.78, 5) is 0. The van der Waals surface area contributed by atoms with E-state index in [9.17, 15) is 0 Å². The minimum absolute atomic E-state index is 0.731. The summed E-state index contributed by atoms with van der Waals surface area (Å²) in [7, 11) is 2.11. The van der Waals surface area contributed by atoms with Gasteiger partial charge in [-0.2, -0.15) is 0 Å². The van der Waals surface area contributed by atoms with Gasteiger partial charge in [-0.25, -0.2) is 5.01 Å². The molecule has 0 bridgehead atoms. The average Bonchev–Trinajstić information content (AvgIpc) is 2.34. The van der Waals surface area contributed by atoms with Crippen LogP contribution in [0.2, 0.25) is 0 Å². The first-order valence-electron chi connectivity index (χ1n) is 4.21. The van der Waals surface area contributed by atoms with Crippen molar-refractivity contribution >= 4 is 0 Å². The van der Waals surface area contributed by atoms with Crippen molar-refractivity contribution in [3.05, 3.63) is 0 Å². The molecule has 0 aliphatic carbocycles. The highest BCUT2D eigenvalue weighted by Crippen LogP contribution is 2.15. The van der Waals surface area contributed by atoms with Gasteiger partial charge in [-0.05, 0) is 12.3 Å². The Labute approximate surface area is 63.6 Å². The number of nitrogens with zero attached hydrogens (tertiary/aromatic N) is 1. The van der Waals surface area contributed by atoms with E-state index in [-0.39, 0.29) is 0 Å². The lowest BCUT2D eigenvalue weighted by Gasteiger charge is -2.18. The molecule has 2 heteroatoms. The minimum atomic E-state index is 0.731. The first-order chi connectivity index (χ1) is 4.74. The highest BCUT2D eigenvalue weighted by Gasteiger charge is 2.22. The Hall–Kier alpha value is -0.0800. The Morgan fingerprint density at radius 3 is 2.80 bits per heavy atom. The zero-order chi connectivity index (χ0) is 7.56. The SMILES string of the molecule is CCC(C)C1CCN(C)N1. The van der Waals surface area contributed by atoms with Gasteiger partial charge in [0.25, 0.3) is 0 Å². The van der Waals surface area contributed by atoms with E-state index in [2.05, 4.69) is 31.3 Å². The van der Waals surface area contributed by atoms with E-state index in [1.165, 1.54) is 19.4 Å². The summed E-state index contributed by atoms with van der Waals surface area (Å²) in [6.45, 7) is 5.77. The quantitative estimate of drug-likeness (QED) is 0.624. The van der Waals surface area contributed by atoms with Crippen LogP contribution in [0.5, 0.6) is 0 Å². The number of rotatable bonds is 2. The van der Waals surface area contributed by atoms with Gasteiger partial charge in [-0.3, -0.25) is 5.43 Å². The van der Waals surface area contributed by atoms with Crippen molar-refractivity contribution in [2.24, 2.45) is 5.92 Å². The number of hydrogen-bond acceptors (Lipinski definition) is 2. The van der Waals surface area contributed by atoms with E-state index >= 15 is 0 Å². The van der Waals surface area contributed by atoms with Gasteiger partial charge < -0.3 is 0 Å². The molecule has 1 aliphatic rings. The molecule has 0 saturated carbocycles. The van der Waals surface area contributed by atoms with Crippen LogP contribution < -0.4 is 5.43 Å². The first-order valence-corrected chi connectivity index (χ1v) is 4.21. The standard InChI is InChI=1S/C8H18N2/c1-4-7(2)8-5-6-10(3)9-8/h7-9H,4-6H2,1-3H3. The van der Waals surface area contributed by atoms with Crippen LogP contribution in [0.4, 0.5) is 0 Å². The molecule has 2 nitrogen and oxygen atoms in total. The van der Waals surface area contributed by atoms with Crippen molar-refractivity contribution in [2.45, 2.75) is 32.7 Å². The lowest BCUT2D eigenvalue weighted by Crippen LogP contribution is -2.35. The van der Waals surface area contributed by atoms with Gasteiger partial charge in [0.15, 0.2) is 0 Å². The van der Waals surface area contributed by atoms with Gasteiger partial charge in [0, 0.05) is 19.6 Å². The largest absolute Gasteiger partial charge is 0.252 e. The third-order valence-corrected chi connectivity index (χ3v) is 2.49. The molecule has 1 heterocycles. The third kappa shape index (κ3) is 1.70. The normalized spacial score (nSPS) is 30.9. The van der Waals surface area contributed by atoms with Crippen molar-refractivity contribution < 1.29 is 0 Å². The molecule has 1 fully saturated rings. The van der Waals surface area contributed by atoms with Gasteiger partial charge in [0.05, 0.1) is 0 Å². The Morgan fingerprint density at radius 2 is 2.40 bits per heavy atom. The molecule has 2 atom stereocenters. The summed E-state index contributed by atoms with van der Waals surface area (Å²) in [5, 5.41) is 2.19. The van der Waals surface area contributed by atoms with E-state index < -0.39 is 0 Å². The predicted octanol–water partition coefficient (Wildman–Crippen LogP) is 1.24. The van der Waals surface area contributed by atoms with Gasteiger partial charge in [-0.15, -0.1) is 0 Å².